The molecule has 3 nitrogen and oxygen atoms in total. The Bertz CT molecular complexity index is 1670. The lowest BCUT2D eigenvalue weighted by Crippen LogP contribution is -2.26. The number of unbranched alkanes of at least 4 members (excludes halogenated alkanes) is 18. The summed E-state index contributed by atoms with van der Waals surface area (Å²) < 4.78 is 32.2. The van der Waals surface area contributed by atoms with E-state index >= 15 is 0 Å². The zero-order valence-electron chi connectivity index (χ0n) is 36.3. The molecule has 0 bridgehead atoms. The van der Waals surface area contributed by atoms with Gasteiger partial charge in [0.2, 0.25) is 0 Å². The minimum absolute atomic E-state index is 0.0234. The van der Waals surface area contributed by atoms with Gasteiger partial charge in [0, 0.05) is 5.41 Å². The topological polar surface area (TPSA) is 43.4 Å². The Labute approximate surface area is 339 Å². The van der Waals surface area contributed by atoms with E-state index in [2.05, 4.69) is 63.2 Å². The SMILES string of the molecule is CCCCCCCCCCCCC1(CCCCCCCCCCCC)c2cc(C)ccc2-c2ccc(Cc3ccc(C)c(S(=O)(=O)OCC(C)(C)C)c3)cc21. The summed E-state index contributed by atoms with van der Waals surface area (Å²) in [7, 11) is -3.86. The zero-order valence-corrected chi connectivity index (χ0v) is 37.1. The van der Waals surface area contributed by atoms with Crippen molar-refractivity contribution in [3.63, 3.8) is 0 Å². The van der Waals surface area contributed by atoms with Gasteiger partial charge in [-0.3, -0.25) is 4.18 Å². The van der Waals surface area contributed by atoms with E-state index in [0.29, 0.717) is 6.42 Å². The van der Waals surface area contributed by atoms with Crippen molar-refractivity contribution in [3.8, 4) is 11.1 Å². The van der Waals surface area contributed by atoms with E-state index in [0.717, 1.165) is 11.1 Å². The lowest BCUT2D eigenvalue weighted by atomic mass is 9.70. The first-order valence-electron chi connectivity index (χ1n) is 22.6. The molecule has 1 aliphatic rings. The van der Waals surface area contributed by atoms with Crippen molar-refractivity contribution < 1.29 is 12.6 Å². The lowest BCUT2D eigenvalue weighted by molar-refractivity contribution is 0.203. The molecule has 0 amide bonds. The fourth-order valence-corrected chi connectivity index (χ4v) is 10.2. The molecule has 55 heavy (non-hydrogen) atoms. The highest BCUT2D eigenvalue weighted by atomic mass is 32.2. The smallest absolute Gasteiger partial charge is 0.266 e. The Balaban J connectivity index is 1.56. The average molecular weight is 771 g/mol. The van der Waals surface area contributed by atoms with Crippen molar-refractivity contribution in [2.75, 3.05) is 6.61 Å². The molecule has 1 aliphatic carbocycles. The maximum Gasteiger partial charge on any atom is 0.297 e. The summed E-state index contributed by atoms with van der Waals surface area (Å²) in [6.07, 6.45) is 30.2. The first-order valence-corrected chi connectivity index (χ1v) is 24.0. The molecule has 0 spiro atoms. The van der Waals surface area contributed by atoms with Gasteiger partial charge < -0.3 is 0 Å². The first kappa shape index (κ1) is 45.3. The van der Waals surface area contributed by atoms with Gasteiger partial charge in [0.1, 0.15) is 0 Å². The van der Waals surface area contributed by atoms with Crippen LogP contribution in [0.15, 0.2) is 59.5 Å². The standard InChI is InChI=1S/C51H78O3S/c1-8-10-12-14-16-18-20-22-24-26-34-51(35-27-25-23-21-19-17-15-13-11-9-2)47-36-41(3)28-32-45(47)46-33-31-43(38-48(46)51)37-44-30-29-42(4)49(39-44)55(52,53)54-40-50(5,6)7/h28-33,36,38-39H,8-27,34-35,37,40H2,1-7H3. The molecule has 4 rings (SSSR count). The molecule has 0 aliphatic heterocycles. The third-order valence-corrected chi connectivity index (χ3v) is 13.5. The summed E-state index contributed by atoms with van der Waals surface area (Å²) in [5.41, 5.74) is 9.99. The Kier molecular flexibility index (Phi) is 18.5. The van der Waals surface area contributed by atoms with E-state index in [9.17, 15) is 8.42 Å². The summed E-state index contributed by atoms with van der Waals surface area (Å²) in [5, 5.41) is 0. The van der Waals surface area contributed by atoms with Gasteiger partial charge in [0.05, 0.1) is 11.5 Å². The molecular weight excluding hydrogens is 693 g/mol. The zero-order chi connectivity index (χ0) is 39.7. The van der Waals surface area contributed by atoms with Crippen LogP contribution in [-0.2, 0) is 26.1 Å². The molecule has 0 heterocycles. The molecule has 0 atom stereocenters. The monoisotopic (exact) mass is 771 g/mol. The molecule has 0 saturated heterocycles. The number of rotatable bonds is 27. The molecule has 0 unspecified atom stereocenters. The van der Waals surface area contributed by atoms with Crippen molar-refractivity contribution in [2.45, 2.75) is 206 Å². The van der Waals surface area contributed by atoms with E-state index in [1.165, 1.54) is 169 Å². The van der Waals surface area contributed by atoms with Crippen LogP contribution in [0.1, 0.15) is 209 Å². The molecule has 0 aromatic heterocycles. The minimum Gasteiger partial charge on any atom is -0.266 e. The molecule has 3 aromatic rings. The van der Waals surface area contributed by atoms with Crippen LogP contribution < -0.4 is 0 Å². The van der Waals surface area contributed by atoms with E-state index in [1.807, 2.05) is 39.8 Å². The average Bonchev–Trinajstić information content (AvgIpc) is 3.40. The van der Waals surface area contributed by atoms with Crippen molar-refractivity contribution >= 4 is 10.1 Å². The fraction of sp³-hybridized carbons (Fsp3) is 0.647. The molecule has 0 saturated carbocycles. The van der Waals surface area contributed by atoms with Gasteiger partial charge in [-0.2, -0.15) is 8.42 Å². The number of hydrogen-bond acceptors (Lipinski definition) is 3. The maximum atomic E-state index is 13.3. The van der Waals surface area contributed by atoms with Crippen LogP contribution in [-0.4, -0.2) is 15.0 Å². The molecule has 306 valence electrons. The number of benzene rings is 3. The van der Waals surface area contributed by atoms with Gasteiger partial charge in [-0.15, -0.1) is 0 Å². The van der Waals surface area contributed by atoms with E-state index in [1.54, 1.807) is 5.56 Å². The van der Waals surface area contributed by atoms with Gasteiger partial charge in [-0.05, 0) is 83.5 Å². The molecular formula is C51H78O3S. The van der Waals surface area contributed by atoms with Gasteiger partial charge in [0.25, 0.3) is 10.1 Å². The Morgan fingerprint density at radius 2 is 0.982 bits per heavy atom. The van der Waals surface area contributed by atoms with Crippen LogP contribution in [0.2, 0.25) is 0 Å². The summed E-state index contributed by atoms with van der Waals surface area (Å²) >= 11 is 0. The quantitative estimate of drug-likeness (QED) is 0.0573. The lowest BCUT2D eigenvalue weighted by Gasteiger charge is -2.33. The molecule has 0 N–H and O–H groups in total. The highest BCUT2D eigenvalue weighted by Gasteiger charge is 2.42. The van der Waals surface area contributed by atoms with Gasteiger partial charge in [-0.25, -0.2) is 0 Å². The van der Waals surface area contributed by atoms with Gasteiger partial charge in [-0.1, -0.05) is 217 Å². The predicted molar refractivity (Wildman–Crippen MR) is 237 cm³/mol. The van der Waals surface area contributed by atoms with E-state index in [4.69, 9.17) is 4.18 Å². The predicted octanol–water partition coefficient (Wildman–Crippen LogP) is 15.5. The van der Waals surface area contributed by atoms with Crippen LogP contribution in [0.25, 0.3) is 11.1 Å². The van der Waals surface area contributed by atoms with Crippen LogP contribution >= 0.6 is 0 Å². The van der Waals surface area contributed by atoms with Crippen molar-refractivity contribution in [1.82, 2.24) is 0 Å². The summed E-state index contributed by atoms with van der Waals surface area (Å²) in [6.45, 7) is 14.9. The van der Waals surface area contributed by atoms with E-state index < -0.39 is 10.1 Å². The van der Waals surface area contributed by atoms with E-state index in [-0.39, 0.29) is 22.3 Å². The first-order chi connectivity index (χ1) is 26.4. The second kappa shape index (κ2) is 22.5. The maximum absolute atomic E-state index is 13.3. The molecule has 0 fully saturated rings. The van der Waals surface area contributed by atoms with Crippen molar-refractivity contribution in [2.24, 2.45) is 5.41 Å². The fourth-order valence-electron chi connectivity index (χ4n) is 8.84. The second-order valence-electron chi connectivity index (χ2n) is 18.4. The Morgan fingerprint density at radius 1 is 0.545 bits per heavy atom. The Hall–Kier alpha value is -2.43. The van der Waals surface area contributed by atoms with Crippen LogP contribution in [0.3, 0.4) is 0 Å². The number of fused-ring (bicyclic) bond motifs is 3. The van der Waals surface area contributed by atoms with Gasteiger partial charge in [0.15, 0.2) is 0 Å². The van der Waals surface area contributed by atoms with Gasteiger partial charge >= 0.3 is 0 Å². The van der Waals surface area contributed by atoms with Crippen molar-refractivity contribution in [3.05, 3.63) is 88.0 Å². The second-order valence-corrected chi connectivity index (χ2v) is 20.0. The number of aryl methyl sites for hydroxylation is 2. The third-order valence-electron chi connectivity index (χ3n) is 12.1. The highest BCUT2D eigenvalue weighted by Crippen LogP contribution is 2.54. The normalized spacial score (nSPS) is 13.7. The summed E-state index contributed by atoms with van der Waals surface area (Å²) in [6, 6.07) is 20.2. The summed E-state index contributed by atoms with van der Waals surface area (Å²) in [4.78, 5) is 0.287. The highest BCUT2D eigenvalue weighted by molar-refractivity contribution is 7.86. The molecule has 0 radical (unpaired) electrons. The Morgan fingerprint density at radius 3 is 1.49 bits per heavy atom. The molecule has 3 aromatic carbocycles. The van der Waals surface area contributed by atoms with Crippen LogP contribution in [0.5, 0.6) is 0 Å². The third kappa shape index (κ3) is 13.9. The van der Waals surface area contributed by atoms with Crippen LogP contribution in [0, 0.1) is 19.3 Å². The van der Waals surface area contributed by atoms with Crippen LogP contribution in [0.4, 0.5) is 0 Å². The molecule has 4 heteroatoms. The number of hydrogen-bond donors (Lipinski definition) is 0. The van der Waals surface area contributed by atoms with Crippen molar-refractivity contribution in [1.29, 1.82) is 0 Å². The largest absolute Gasteiger partial charge is 0.297 e. The summed E-state index contributed by atoms with van der Waals surface area (Å²) in [5.74, 6) is 0. The minimum atomic E-state index is -3.86.